The van der Waals surface area contributed by atoms with Crippen molar-refractivity contribution in [3.8, 4) is 0 Å². The van der Waals surface area contributed by atoms with Gasteiger partial charge in [0.2, 0.25) is 0 Å². The van der Waals surface area contributed by atoms with E-state index in [1.807, 2.05) is 31.2 Å². The highest BCUT2D eigenvalue weighted by Gasteiger charge is 2.21. The van der Waals surface area contributed by atoms with Crippen molar-refractivity contribution in [2.24, 2.45) is 0 Å². The van der Waals surface area contributed by atoms with Crippen molar-refractivity contribution in [3.05, 3.63) is 30.0 Å². The Balaban J connectivity index is 2.02. The van der Waals surface area contributed by atoms with Crippen LogP contribution in [0.5, 0.6) is 0 Å². The lowest BCUT2D eigenvalue weighted by Gasteiger charge is -2.31. The average Bonchev–Trinajstić information content (AvgIpc) is 2.38. The molecule has 0 amide bonds. The Morgan fingerprint density at radius 3 is 2.67 bits per heavy atom. The van der Waals surface area contributed by atoms with Gasteiger partial charge in [-0.3, -0.25) is 0 Å². The van der Waals surface area contributed by atoms with E-state index >= 15 is 0 Å². The summed E-state index contributed by atoms with van der Waals surface area (Å²) in [7, 11) is 0. The van der Waals surface area contributed by atoms with Crippen LogP contribution in [0.3, 0.4) is 0 Å². The van der Waals surface area contributed by atoms with Gasteiger partial charge in [0, 0.05) is 13.1 Å². The van der Waals surface area contributed by atoms with Crippen molar-refractivity contribution in [3.63, 3.8) is 0 Å². The molecule has 3 nitrogen and oxygen atoms in total. The van der Waals surface area contributed by atoms with E-state index in [0.29, 0.717) is 0 Å². The van der Waals surface area contributed by atoms with E-state index in [0.717, 1.165) is 48.5 Å². The number of halogens is 1. The number of rotatable bonds is 1. The van der Waals surface area contributed by atoms with Crippen LogP contribution in [0.15, 0.2) is 24.3 Å². The van der Waals surface area contributed by atoms with E-state index in [4.69, 9.17) is 16.6 Å². The summed E-state index contributed by atoms with van der Waals surface area (Å²) in [5.41, 5.74) is 2.90. The van der Waals surface area contributed by atoms with Gasteiger partial charge in [-0.25, -0.2) is 9.97 Å². The third-order valence-corrected chi connectivity index (χ3v) is 3.74. The van der Waals surface area contributed by atoms with Crippen LogP contribution in [-0.2, 0) is 0 Å². The van der Waals surface area contributed by atoms with Crippen molar-refractivity contribution >= 4 is 28.5 Å². The predicted molar refractivity (Wildman–Crippen MR) is 75.4 cm³/mol. The van der Waals surface area contributed by atoms with Gasteiger partial charge in [0.1, 0.15) is 0 Å². The van der Waals surface area contributed by atoms with Crippen LogP contribution in [0.1, 0.15) is 18.5 Å². The Morgan fingerprint density at radius 1 is 1.22 bits per heavy atom. The van der Waals surface area contributed by atoms with Gasteiger partial charge < -0.3 is 4.90 Å². The maximum atomic E-state index is 6.24. The van der Waals surface area contributed by atoms with Gasteiger partial charge in [-0.2, -0.15) is 0 Å². The topological polar surface area (TPSA) is 29.0 Å². The van der Waals surface area contributed by atoms with E-state index in [-0.39, 0.29) is 5.38 Å². The van der Waals surface area contributed by atoms with E-state index in [1.54, 1.807) is 0 Å². The van der Waals surface area contributed by atoms with Gasteiger partial charge in [-0.05, 0) is 31.9 Å². The largest absolute Gasteiger partial charge is 0.354 e. The standard InChI is InChI=1S/C14H16ClN3/c1-10-14(18-8-4-5-11(15)9-18)17-13-7-3-2-6-12(13)16-10/h2-3,6-7,11H,4-5,8-9H2,1H3. The fraction of sp³-hybridized carbons (Fsp3) is 0.429. The van der Waals surface area contributed by atoms with E-state index < -0.39 is 0 Å². The molecule has 1 unspecified atom stereocenters. The molecule has 2 heterocycles. The van der Waals surface area contributed by atoms with E-state index in [9.17, 15) is 0 Å². The number of fused-ring (bicyclic) bond motifs is 1. The zero-order chi connectivity index (χ0) is 12.5. The molecule has 3 rings (SSSR count). The molecule has 0 bridgehead atoms. The van der Waals surface area contributed by atoms with E-state index in [1.165, 1.54) is 0 Å². The molecule has 2 aromatic rings. The molecule has 1 aromatic heterocycles. The van der Waals surface area contributed by atoms with Crippen molar-refractivity contribution < 1.29 is 0 Å². The first-order valence-corrected chi connectivity index (χ1v) is 6.80. The summed E-state index contributed by atoms with van der Waals surface area (Å²) in [5, 5.41) is 0.228. The minimum absolute atomic E-state index is 0.228. The molecule has 1 atom stereocenters. The molecule has 1 aromatic carbocycles. The third-order valence-electron chi connectivity index (χ3n) is 3.38. The first-order chi connectivity index (χ1) is 8.74. The second kappa shape index (κ2) is 4.73. The van der Waals surface area contributed by atoms with Crippen LogP contribution < -0.4 is 4.90 Å². The summed E-state index contributed by atoms with van der Waals surface area (Å²) < 4.78 is 0. The van der Waals surface area contributed by atoms with Crippen molar-refractivity contribution in [2.75, 3.05) is 18.0 Å². The zero-order valence-electron chi connectivity index (χ0n) is 10.4. The molecule has 0 radical (unpaired) electrons. The summed E-state index contributed by atoms with van der Waals surface area (Å²) in [5.74, 6) is 0.985. The van der Waals surface area contributed by atoms with Crippen LogP contribution in [-0.4, -0.2) is 28.4 Å². The number of aryl methyl sites for hydroxylation is 1. The molecule has 4 heteroatoms. The summed E-state index contributed by atoms with van der Waals surface area (Å²) in [6.45, 7) is 3.92. The molecule has 0 aliphatic carbocycles. The fourth-order valence-corrected chi connectivity index (χ4v) is 2.82. The molecule has 1 aliphatic rings. The molecule has 18 heavy (non-hydrogen) atoms. The summed E-state index contributed by atoms with van der Waals surface area (Å²) in [6, 6.07) is 8.00. The van der Waals surface area contributed by atoms with Gasteiger partial charge in [-0.15, -0.1) is 11.6 Å². The summed E-state index contributed by atoms with van der Waals surface area (Å²) in [4.78, 5) is 11.6. The molecule has 1 fully saturated rings. The molecule has 0 spiro atoms. The molecular formula is C14H16ClN3. The lowest BCUT2D eigenvalue weighted by Crippen LogP contribution is -2.37. The van der Waals surface area contributed by atoms with E-state index in [2.05, 4.69) is 9.88 Å². The highest BCUT2D eigenvalue weighted by molar-refractivity contribution is 6.21. The lowest BCUT2D eigenvalue weighted by molar-refractivity contribution is 0.579. The second-order valence-electron chi connectivity index (χ2n) is 4.81. The molecular weight excluding hydrogens is 246 g/mol. The first-order valence-electron chi connectivity index (χ1n) is 6.36. The monoisotopic (exact) mass is 261 g/mol. The van der Waals surface area contributed by atoms with Gasteiger partial charge in [0.15, 0.2) is 5.82 Å². The normalized spacial score (nSPS) is 20.3. The Morgan fingerprint density at radius 2 is 1.94 bits per heavy atom. The summed E-state index contributed by atoms with van der Waals surface area (Å²) >= 11 is 6.24. The quantitative estimate of drug-likeness (QED) is 0.739. The van der Waals surface area contributed by atoms with Gasteiger partial charge >= 0.3 is 0 Å². The molecule has 0 saturated carbocycles. The third kappa shape index (κ3) is 2.15. The van der Waals surface area contributed by atoms with Crippen LogP contribution in [0.2, 0.25) is 0 Å². The Hall–Kier alpha value is -1.35. The summed E-state index contributed by atoms with van der Waals surface area (Å²) in [6.07, 6.45) is 2.22. The highest BCUT2D eigenvalue weighted by atomic mass is 35.5. The number of benzene rings is 1. The van der Waals surface area contributed by atoms with Crippen molar-refractivity contribution in [1.82, 2.24) is 9.97 Å². The number of hydrogen-bond donors (Lipinski definition) is 0. The van der Waals surface area contributed by atoms with Crippen LogP contribution in [0.25, 0.3) is 11.0 Å². The maximum absolute atomic E-state index is 6.24. The van der Waals surface area contributed by atoms with Gasteiger partial charge in [0.05, 0.1) is 22.1 Å². The molecule has 1 saturated heterocycles. The van der Waals surface area contributed by atoms with Crippen molar-refractivity contribution in [2.45, 2.75) is 25.1 Å². The Bertz CT molecular complexity index is 570. The molecule has 1 aliphatic heterocycles. The Labute approximate surface area is 112 Å². The number of piperidine rings is 1. The minimum atomic E-state index is 0.228. The number of hydrogen-bond acceptors (Lipinski definition) is 3. The van der Waals surface area contributed by atoms with Crippen LogP contribution in [0.4, 0.5) is 5.82 Å². The number of para-hydroxylation sites is 2. The first kappa shape index (κ1) is 11.7. The van der Waals surface area contributed by atoms with Gasteiger partial charge in [0.25, 0.3) is 0 Å². The van der Waals surface area contributed by atoms with Crippen molar-refractivity contribution in [1.29, 1.82) is 0 Å². The van der Waals surface area contributed by atoms with Gasteiger partial charge in [-0.1, -0.05) is 12.1 Å². The fourth-order valence-electron chi connectivity index (χ4n) is 2.50. The smallest absolute Gasteiger partial charge is 0.150 e. The zero-order valence-corrected chi connectivity index (χ0v) is 11.2. The average molecular weight is 262 g/mol. The number of aromatic nitrogens is 2. The van der Waals surface area contributed by atoms with Crippen LogP contribution in [0, 0.1) is 6.92 Å². The second-order valence-corrected chi connectivity index (χ2v) is 5.42. The minimum Gasteiger partial charge on any atom is -0.354 e. The number of alkyl halides is 1. The van der Waals surface area contributed by atoms with Crippen LogP contribution >= 0.6 is 11.6 Å². The molecule has 94 valence electrons. The maximum Gasteiger partial charge on any atom is 0.150 e. The molecule has 0 N–H and O–H groups in total. The number of nitrogens with zero attached hydrogens (tertiary/aromatic N) is 3. The predicted octanol–water partition coefficient (Wildman–Crippen LogP) is 3.15. The Kier molecular flexibility index (Phi) is 3.08. The SMILES string of the molecule is Cc1nc2ccccc2nc1N1CCCC(Cl)C1. The highest BCUT2D eigenvalue weighted by Crippen LogP contribution is 2.24. The number of anilines is 1. The lowest BCUT2D eigenvalue weighted by atomic mass is 10.1.